The van der Waals surface area contributed by atoms with Crippen LogP contribution >= 0.6 is 0 Å². The zero-order chi connectivity index (χ0) is 14.4. The first-order valence-corrected chi connectivity index (χ1v) is 7.12. The van der Waals surface area contributed by atoms with E-state index in [0.717, 1.165) is 25.2 Å². The Morgan fingerprint density at radius 1 is 1.35 bits per heavy atom. The predicted molar refractivity (Wildman–Crippen MR) is 79.7 cm³/mol. The standard InChI is InChI=1S/C15H23N3O2/c1-12(18-8-10-20-11-9-18)15(19)17-14-4-2-13(3-5-14)6-7-16/h2-5,12H,6-11,16H2,1H3,(H,17,19). The summed E-state index contributed by atoms with van der Waals surface area (Å²) in [5, 5.41) is 2.96. The number of anilines is 1. The summed E-state index contributed by atoms with van der Waals surface area (Å²) in [6, 6.07) is 7.72. The van der Waals surface area contributed by atoms with Gasteiger partial charge >= 0.3 is 0 Å². The fourth-order valence-electron chi connectivity index (χ4n) is 2.30. The van der Waals surface area contributed by atoms with Gasteiger partial charge in [-0.1, -0.05) is 12.1 Å². The van der Waals surface area contributed by atoms with E-state index in [-0.39, 0.29) is 11.9 Å². The first-order valence-electron chi connectivity index (χ1n) is 7.12. The average Bonchev–Trinajstić information content (AvgIpc) is 2.49. The summed E-state index contributed by atoms with van der Waals surface area (Å²) in [5.41, 5.74) is 7.53. The van der Waals surface area contributed by atoms with Crippen molar-refractivity contribution in [1.29, 1.82) is 0 Å². The zero-order valence-electron chi connectivity index (χ0n) is 12.0. The van der Waals surface area contributed by atoms with Crippen molar-refractivity contribution in [3.63, 3.8) is 0 Å². The third-order valence-electron chi connectivity index (χ3n) is 3.63. The average molecular weight is 277 g/mol. The van der Waals surface area contributed by atoms with E-state index in [0.29, 0.717) is 19.8 Å². The number of hydrogen-bond acceptors (Lipinski definition) is 4. The molecule has 1 fully saturated rings. The van der Waals surface area contributed by atoms with Crippen LogP contribution in [0.2, 0.25) is 0 Å². The molecule has 0 aromatic heterocycles. The molecule has 1 saturated heterocycles. The second-order valence-corrected chi connectivity index (χ2v) is 5.05. The number of carbonyl (C=O) groups excluding carboxylic acids is 1. The van der Waals surface area contributed by atoms with Gasteiger partial charge in [-0.3, -0.25) is 9.69 Å². The topological polar surface area (TPSA) is 67.6 Å². The molecule has 1 atom stereocenters. The van der Waals surface area contributed by atoms with Crippen molar-refractivity contribution in [2.45, 2.75) is 19.4 Å². The quantitative estimate of drug-likeness (QED) is 0.837. The van der Waals surface area contributed by atoms with Gasteiger partial charge in [0.1, 0.15) is 0 Å². The molecule has 1 aromatic rings. The number of nitrogens with one attached hydrogen (secondary N) is 1. The van der Waals surface area contributed by atoms with E-state index in [4.69, 9.17) is 10.5 Å². The molecule has 1 unspecified atom stereocenters. The normalized spacial score (nSPS) is 17.7. The van der Waals surface area contributed by atoms with Crippen molar-refractivity contribution < 1.29 is 9.53 Å². The summed E-state index contributed by atoms with van der Waals surface area (Å²) >= 11 is 0. The molecule has 0 radical (unpaired) electrons. The molecule has 5 heteroatoms. The highest BCUT2D eigenvalue weighted by atomic mass is 16.5. The van der Waals surface area contributed by atoms with E-state index < -0.39 is 0 Å². The van der Waals surface area contributed by atoms with Gasteiger partial charge in [-0.05, 0) is 37.6 Å². The molecule has 110 valence electrons. The van der Waals surface area contributed by atoms with Crippen LogP contribution in [-0.4, -0.2) is 49.7 Å². The first-order chi connectivity index (χ1) is 9.70. The van der Waals surface area contributed by atoms with Crippen LogP contribution in [0.25, 0.3) is 0 Å². The molecule has 5 nitrogen and oxygen atoms in total. The van der Waals surface area contributed by atoms with Crippen LogP contribution in [0.4, 0.5) is 5.69 Å². The number of rotatable bonds is 5. The summed E-state index contributed by atoms with van der Waals surface area (Å²) in [5.74, 6) is 0.0264. The Morgan fingerprint density at radius 2 is 2.00 bits per heavy atom. The van der Waals surface area contributed by atoms with Gasteiger partial charge in [0.15, 0.2) is 0 Å². The van der Waals surface area contributed by atoms with Crippen LogP contribution < -0.4 is 11.1 Å². The van der Waals surface area contributed by atoms with Crippen LogP contribution in [0, 0.1) is 0 Å². The third-order valence-corrected chi connectivity index (χ3v) is 3.63. The minimum absolute atomic E-state index is 0.0264. The second-order valence-electron chi connectivity index (χ2n) is 5.05. The van der Waals surface area contributed by atoms with Gasteiger partial charge in [0, 0.05) is 18.8 Å². The highest BCUT2D eigenvalue weighted by molar-refractivity contribution is 5.94. The third kappa shape index (κ3) is 4.03. The van der Waals surface area contributed by atoms with Gasteiger partial charge in [0.25, 0.3) is 0 Å². The fraction of sp³-hybridized carbons (Fsp3) is 0.533. The molecule has 1 amide bonds. The molecule has 1 aliphatic rings. The summed E-state index contributed by atoms with van der Waals surface area (Å²) in [6.07, 6.45) is 0.860. The van der Waals surface area contributed by atoms with Crippen molar-refractivity contribution in [2.75, 3.05) is 38.2 Å². The van der Waals surface area contributed by atoms with E-state index in [1.807, 2.05) is 31.2 Å². The minimum atomic E-state index is -0.136. The Balaban J connectivity index is 1.89. The Bertz CT molecular complexity index is 427. The maximum absolute atomic E-state index is 12.2. The van der Waals surface area contributed by atoms with E-state index in [2.05, 4.69) is 10.2 Å². The van der Waals surface area contributed by atoms with E-state index in [1.165, 1.54) is 5.56 Å². The lowest BCUT2D eigenvalue weighted by Crippen LogP contribution is -2.47. The van der Waals surface area contributed by atoms with Crippen LogP contribution in [0.15, 0.2) is 24.3 Å². The summed E-state index contributed by atoms with van der Waals surface area (Å²) < 4.78 is 5.30. The largest absolute Gasteiger partial charge is 0.379 e. The molecular weight excluding hydrogens is 254 g/mol. The van der Waals surface area contributed by atoms with Crippen molar-refractivity contribution in [1.82, 2.24) is 4.90 Å². The van der Waals surface area contributed by atoms with Gasteiger partial charge in [0.05, 0.1) is 19.3 Å². The number of carbonyl (C=O) groups is 1. The lowest BCUT2D eigenvalue weighted by atomic mass is 10.1. The van der Waals surface area contributed by atoms with Crippen molar-refractivity contribution >= 4 is 11.6 Å². The number of ether oxygens (including phenoxy) is 1. The SMILES string of the molecule is CC(C(=O)Nc1ccc(CCN)cc1)N1CCOCC1. The van der Waals surface area contributed by atoms with Crippen LogP contribution in [0.5, 0.6) is 0 Å². The van der Waals surface area contributed by atoms with E-state index >= 15 is 0 Å². The zero-order valence-corrected chi connectivity index (χ0v) is 12.0. The lowest BCUT2D eigenvalue weighted by molar-refractivity contribution is -0.122. The molecule has 1 heterocycles. The molecule has 1 aliphatic heterocycles. The van der Waals surface area contributed by atoms with E-state index in [1.54, 1.807) is 0 Å². The Kier molecular flexibility index (Phi) is 5.52. The molecule has 0 saturated carbocycles. The second kappa shape index (κ2) is 7.38. The summed E-state index contributed by atoms with van der Waals surface area (Å²) in [7, 11) is 0. The van der Waals surface area contributed by atoms with E-state index in [9.17, 15) is 4.79 Å². The molecule has 0 bridgehead atoms. The number of amides is 1. The summed E-state index contributed by atoms with van der Waals surface area (Å²) in [6.45, 7) is 5.59. The number of benzene rings is 1. The van der Waals surface area contributed by atoms with Gasteiger partial charge in [-0.25, -0.2) is 0 Å². The fourth-order valence-corrected chi connectivity index (χ4v) is 2.30. The molecule has 0 aliphatic carbocycles. The Hall–Kier alpha value is -1.43. The number of hydrogen-bond donors (Lipinski definition) is 2. The van der Waals surface area contributed by atoms with Gasteiger partial charge in [0.2, 0.25) is 5.91 Å². The van der Waals surface area contributed by atoms with Crippen LogP contribution in [0.1, 0.15) is 12.5 Å². The smallest absolute Gasteiger partial charge is 0.241 e. The van der Waals surface area contributed by atoms with Crippen molar-refractivity contribution in [2.24, 2.45) is 5.73 Å². The number of morpholine rings is 1. The number of nitrogens with zero attached hydrogens (tertiary/aromatic N) is 1. The Morgan fingerprint density at radius 3 is 2.60 bits per heavy atom. The summed E-state index contributed by atoms with van der Waals surface area (Å²) in [4.78, 5) is 14.3. The van der Waals surface area contributed by atoms with Crippen molar-refractivity contribution in [3.05, 3.63) is 29.8 Å². The van der Waals surface area contributed by atoms with Gasteiger partial charge in [-0.2, -0.15) is 0 Å². The highest BCUT2D eigenvalue weighted by Crippen LogP contribution is 2.12. The van der Waals surface area contributed by atoms with Gasteiger partial charge in [-0.15, -0.1) is 0 Å². The molecule has 20 heavy (non-hydrogen) atoms. The number of nitrogens with two attached hydrogens (primary N) is 1. The predicted octanol–water partition coefficient (Wildman–Crippen LogP) is 0.847. The molecule has 2 rings (SSSR count). The maximum atomic E-state index is 12.2. The molecule has 0 spiro atoms. The van der Waals surface area contributed by atoms with Crippen LogP contribution in [-0.2, 0) is 16.0 Å². The minimum Gasteiger partial charge on any atom is -0.379 e. The Labute approximate surface area is 120 Å². The lowest BCUT2D eigenvalue weighted by Gasteiger charge is -2.31. The monoisotopic (exact) mass is 277 g/mol. The molecule has 1 aromatic carbocycles. The molecule has 3 N–H and O–H groups in total. The highest BCUT2D eigenvalue weighted by Gasteiger charge is 2.22. The maximum Gasteiger partial charge on any atom is 0.241 e. The molecular formula is C15H23N3O2. The van der Waals surface area contributed by atoms with Crippen LogP contribution in [0.3, 0.4) is 0 Å². The van der Waals surface area contributed by atoms with Crippen molar-refractivity contribution in [3.8, 4) is 0 Å². The first kappa shape index (κ1) is 15.0. The van der Waals surface area contributed by atoms with Gasteiger partial charge < -0.3 is 15.8 Å².